The SMILES string of the molecule is COc1ccc(S(=O)(=O)N2CCCCC2)cc1NC(=O)CSc1nc2ccccc2o1. The van der Waals surface area contributed by atoms with Crippen molar-refractivity contribution in [3.63, 3.8) is 0 Å². The minimum atomic E-state index is -3.62. The molecule has 1 saturated heterocycles. The molecule has 1 aliphatic heterocycles. The van der Waals surface area contributed by atoms with Gasteiger partial charge in [-0.25, -0.2) is 13.4 Å². The van der Waals surface area contributed by atoms with E-state index in [4.69, 9.17) is 9.15 Å². The van der Waals surface area contributed by atoms with Crippen LogP contribution in [0, 0.1) is 0 Å². The van der Waals surface area contributed by atoms with Crippen LogP contribution in [0.25, 0.3) is 11.1 Å². The van der Waals surface area contributed by atoms with Crippen LogP contribution in [0.5, 0.6) is 5.75 Å². The largest absolute Gasteiger partial charge is 0.495 e. The fourth-order valence-corrected chi connectivity index (χ4v) is 5.61. The number of sulfonamides is 1. The maximum Gasteiger partial charge on any atom is 0.257 e. The van der Waals surface area contributed by atoms with E-state index in [-0.39, 0.29) is 16.6 Å². The predicted molar refractivity (Wildman–Crippen MR) is 119 cm³/mol. The standard InChI is InChI=1S/C21H23N3O5S2/c1-28-18-10-9-15(31(26,27)24-11-5-2-6-12-24)13-17(18)22-20(25)14-30-21-23-16-7-3-4-8-19(16)29-21/h3-4,7-10,13H,2,5-6,11-12,14H2,1H3,(H,22,25). The number of carbonyl (C=O) groups excluding carboxylic acids is 1. The van der Waals surface area contributed by atoms with Crippen LogP contribution in [0.4, 0.5) is 5.69 Å². The Morgan fingerprint density at radius 2 is 1.97 bits per heavy atom. The van der Waals surface area contributed by atoms with Gasteiger partial charge in [-0.3, -0.25) is 4.79 Å². The van der Waals surface area contributed by atoms with Crippen LogP contribution < -0.4 is 10.1 Å². The Balaban J connectivity index is 1.47. The van der Waals surface area contributed by atoms with Crippen LogP contribution in [0.3, 0.4) is 0 Å². The van der Waals surface area contributed by atoms with Crippen LogP contribution in [-0.2, 0) is 14.8 Å². The summed E-state index contributed by atoms with van der Waals surface area (Å²) in [6, 6.07) is 11.9. The van der Waals surface area contributed by atoms with Gasteiger partial charge in [0.2, 0.25) is 15.9 Å². The van der Waals surface area contributed by atoms with Crippen molar-refractivity contribution in [3.05, 3.63) is 42.5 Å². The fraction of sp³-hybridized carbons (Fsp3) is 0.333. The number of methoxy groups -OCH3 is 1. The molecule has 1 N–H and O–H groups in total. The molecule has 2 aromatic carbocycles. The number of carbonyl (C=O) groups is 1. The third-order valence-corrected chi connectivity index (χ3v) is 7.72. The molecule has 0 radical (unpaired) electrons. The minimum Gasteiger partial charge on any atom is -0.495 e. The van der Waals surface area contributed by atoms with E-state index in [0.717, 1.165) is 36.5 Å². The van der Waals surface area contributed by atoms with Crippen LogP contribution in [0.2, 0.25) is 0 Å². The molecule has 0 saturated carbocycles. The summed E-state index contributed by atoms with van der Waals surface area (Å²) in [5.41, 5.74) is 1.69. The molecular formula is C21H23N3O5S2. The zero-order valence-corrected chi connectivity index (χ0v) is 18.7. The number of nitrogens with zero attached hydrogens (tertiary/aromatic N) is 2. The van der Waals surface area contributed by atoms with Crippen molar-refractivity contribution >= 4 is 44.5 Å². The molecule has 0 unspecified atom stereocenters. The highest BCUT2D eigenvalue weighted by Crippen LogP contribution is 2.30. The van der Waals surface area contributed by atoms with Gasteiger partial charge >= 0.3 is 0 Å². The highest BCUT2D eigenvalue weighted by atomic mass is 32.2. The normalized spacial score (nSPS) is 15.1. The molecule has 3 aromatic rings. The molecule has 1 aliphatic rings. The summed E-state index contributed by atoms with van der Waals surface area (Å²) in [6.45, 7) is 1.02. The number of nitrogens with one attached hydrogen (secondary N) is 1. The summed E-state index contributed by atoms with van der Waals surface area (Å²) in [6.07, 6.45) is 2.74. The number of benzene rings is 2. The number of anilines is 1. The molecule has 164 valence electrons. The second-order valence-corrected chi connectivity index (χ2v) is 9.98. The third-order valence-electron chi connectivity index (χ3n) is 5.00. The van der Waals surface area contributed by atoms with Gasteiger partial charge in [0.15, 0.2) is 5.58 Å². The van der Waals surface area contributed by atoms with Crippen LogP contribution in [0.1, 0.15) is 19.3 Å². The third kappa shape index (κ3) is 4.86. The highest BCUT2D eigenvalue weighted by molar-refractivity contribution is 7.99. The Hall–Kier alpha value is -2.56. The number of fused-ring (bicyclic) bond motifs is 1. The summed E-state index contributed by atoms with van der Waals surface area (Å²) in [4.78, 5) is 17.0. The molecule has 0 bridgehead atoms. The van der Waals surface area contributed by atoms with Gasteiger partial charge in [-0.05, 0) is 43.2 Å². The number of para-hydroxylation sites is 2. The molecule has 31 heavy (non-hydrogen) atoms. The predicted octanol–water partition coefficient (Wildman–Crippen LogP) is 3.74. The van der Waals surface area contributed by atoms with E-state index in [1.807, 2.05) is 24.3 Å². The lowest BCUT2D eigenvalue weighted by atomic mass is 10.2. The van der Waals surface area contributed by atoms with Gasteiger partial charge in [0, 0.05) is 13.1 Å². The highest BCUT2D eigenvalue weighted by Gasteiger charge is 2.27. The molecule has 4 rings (SSSR count). The number of piperidine rings is 1. The van der Waals surface area contributed by atoms with Crippen molar-refractivity contribution in [1.29, 1.82) is 0 Å². The van der Waals surface area contributed by atoms with Gasteiger partial charge in [-0.1, -0.05) is 30.3 Å². The van der Waals surface area contributed by atoms with E-state index in [2.05, 4.69) is 10.3 Å². The Morgan fingerprint density at radius 1 is 1.19 bits per heavy atom. The van der Waals surface area contributed by atoms with Crippen molar-refractivity contribution in [3.8, 4) is 5.75 Å². The van der Waals surface area contributed by atoms with Crippen molar-refractivity contribution in [2.24, 2.45) is 0 Å². The smallest absolute Gasteiger partial charge is 0.257 e. The average Bonchev–Trinajstić information content (AvgIpc) is 3.21. The number of ether oxygens (including phenoxy) is 1. The molecule has 2 heterocycles. The monoisotopic (exact) mass is 461 g/mol. The number of hydrogen-bond acceptors (Lipinski definition) is 7. The van der Waals surface area contributed by atoms with Crippen molar-refractivity contribution < 1.29 is 22.4 Å². The van der Waals surface area contributed by atoms with Crippen LogP contribution >= 0.6 is 11.8 Å². The zero-order valence-electron chi connectivity index (χ0n) is 17.0. The first kappa shape index (κ1) is 21.7. The summed E-state index contributed by atoms with van der Waals surface area (Å²) in [5.74, 6) is 0.120. The van der Waals surface area contributed by atoms with Gasteiger partial charge in [-0.15, -0.1) is 0 Å². The Morgan fingerprint density at radius 3 is 2.71 bits per heavy atom. The fourth-order valence-electron chi connectivity index (χ4n) is 3.43. The second kappa shape index (κ2) is 9.29. The zero-order chi connectivity index (χ0) is 21.8. The lowest BCUT2D eigenvalue weighted by molar-refractivity contribution is -0.113. The topological polar surface area (TPSA) is 102 Å². The first-order valence-electron chi connectivity index (χ1n) is 9.94. The Bertz CT molecular complexity index is 1150. The average molecular weight is 462 g/mol. The number of oxazole rings is 1. The molecule has 1 aromatic heterocycles. The molecule has 1 amide bonds. The first-order valence-corrected chi connectivity index (χ1v) is 12.4. The summed E-state index contributed by atoms with van der Waals surface area (Å²) < 4.78 is 38.3. The van der Waals surface area contributed by atoms with E-state index in [0.29, 0.717) is 35.3 Å². The van der Waals surface area contributed by atoms with Crippen molar-refractivity contribution in [2.45, 2.75) is 29.4 Å². The molecule has 0 aliphatic carbocycles. The molecule has 0 spiro atoms. The van der Waals surface area contributed by atoms with E-state index in [1.165, 1.54) is 23.5 Å². The summed E-state index contributed by atoms with van der Waals surface area (Å²) in [5, 5.41) is 3.14. The van der Waals surface area contributed by atoms with Gasteiger partial charge in [0.1, 0.15) is 11.3 Å². The maximum absolute atomic E-state index is 13.0. The number of rotatable bonds is 7. The number of thioether (sulfide) groups is 1. The second-order valence-electron chi connectivity index (χ2n) is 7.11. The van der Waals surface area contributed by atoms with E-state index in [9.17, 15) is 13.2 Å². The molecular weight excluding hydrogens is 438 g/mol. The van der Waals surface area contributed by atoms with E-state index in [1.54, 1.807) is 6.07 Å². The Labute approximate surface area is 185 Å². The maximum atomic E-state index is 13.0. The Kier molecular flexibility index (Phi) is 6.49. The van der Waals surface area contributed by atoms with Gasteiger partial charge in [0.05, 0.1) is 23.4 Å². The number of amides is 1. The lowest BCUT2D eigenvalue weighted by Crippen LogP contribution is -2.35. The van der Waals surface area contributed by atoms with E-state index < -0.39 is 10.0 Å². The quantitative estimate of drug-likeness (QED) is 0.535. The van der Waals surface area contributed by atoms with Gasteiger partial charge in [-0.2, -0.15) is 4.31 Å². The number of hydrogen-bond donors (Lipinski definition) is 1. The van der Waals surface area contributed by atoms with Crippen molar-refractivity contribution in [1.82, 2.24) is 9.29 Å². The first-order chi connectivity index (χ1) is 15.0. The van der Waals surface area contributed by atoms with Crippen LogP contribution in [-0.4, -0.2) is 49.6 Å². The van der Waals surface area contributed by atoms with E-state index >= 15 is 0 Å². The van der Waals surface area contributed by atoms with Crippen molar-refractivity contribution in [2.75, 3.05) is 31.3 Å². The summed E-state index contributed by atoms with van der Waals surface area (Å²) >= 11 is 1.16. The molecule has 10 heteroatoms. The number of aromatic nitrogens is 1. The van der Waals surface area contributed by atoms with Crippen LogP contribution in [0.15, 0.2) is 57.0 Å². The summed E-state index contributed by atoms with van der Waals surface area (Å²) in [7, 11) is -2.15. The minimum absolute atomic E-state index is 0.0546. The molecule has 1 fully saturated rings. The van der Waals surface area contributed by atoms with Gasteiger partial charge < -0.3 is 14.5 Å². The molecule has 8 nitrogen and oxygen atoms in total. The molecule has 0 atom stereocenters. The van der Waals surface area contributed by atoms with Gasteiger partial charge in [0.25, 0.3) is 5.22 Å². The lowest BCUT2D eigenvalue weighted by Gasteiger charge is -2.26.